The number of rotatable bonds is 11. The van der Waals surface area contributed by atoms with Crippen molar-refractivity contribution in [3.63, 3.8) is 0 Å². The van der Waals surface area contributed by atoms with Gasteiger partial charge >= 0.3 is 11.9 Å². The Morgan fingerprint density at radius 3 is 2.48 bits per heavy atom. The van der Waals surface area contributed by atoms with Gasteiger partial charge in [-0.1, -0.05) is 42.5 Å². The zero-order chi connectivity index (χ0) is 22.2. The van der Waals surface area contributed by atoms with Crippen molar-refractivity contribution in [2.45, 2.75) is 25.8 Å². The molecule has 0 aliphatic heterocycles. The van der Waals surface area contributed by atoms with Gasteiger partial charge in [0, 0.05) is 17.1 Å². The van der Waals surface area contributed by atoms with E-state index in [9.17, 15) is 19.8 Å². The van der Waals surface area contributed by atoms with Gasteiger partial charge in [-0.15, -0.1) is 6.58 Å². The summed E-state index contributed by atoms with van der Waals surface area (Å²) in [6, 6.07) is 13.3. The first-order chi connectivity index (χ1) is 15.0. The van der Waals surface area contributed by atoms with Gasteiger partial charge in [-0.3, -0.25) is 9.59 Å². The first-order valence-electron chi connectivity index (χ1n) is 10.0. The van der Waals surface area contributed by atoms with Crippen LogP contribution in [-0.2, 0) is 22.6 Å². The number of nitrogens with zero attached hydrogens (tertiary/aromatic N) is 1. The lowest BCUT2D eigenvalue weighted by Gasteiger charge is -2.05. The average Bonchev–Trinajstić information content (AvgIpc) is 3.07. The summed E-state index contributed by atoms with van der Waals surface area (Å²) in [7, 11) is 0. The number of unbranched alkanes of at least 4 members (excludes halogenated alkanes) is 1. The van der Waals surface area contributed by atoms with E-state index >= 15 is 0 Å². The molecule has 3 aromatic rings. The highest BCUT2D eigenvalue weighted by Gasteiger charge is 2.15. The second-order valence-electron chi connectivity index (χ2n) is 7.17. The zero-order valence-electron chi connectivity index (χ0n) is 17.2. The van der Waals surface area contributed by atoms with Crippen molar-refractivity contribution < 1.29 is 24.5 Å². The number of carboxylic acid groups (broad SMARTS) is 2. The molecule has 0 saturated carbocycles. The number of hydrogen-bond donors (Lipinski definition) is 2. The van der Waals surface area contributed by atoms with Crippen molar-refractivity contribution >= 4 is 35.0 Å². The number of aromatic nitrogens is 1. The van der Waals surface area contributed by atoms with E-state index in [1.807, 2.05) is 54.6 Å². The lowest BCUT2D eigenvalue weighted by atomic mass is 10.0. The predicted molar refractivity (Wildman–Crippen MR) is 121 cm³/mol. The largest absolute Gasteiger partial charge is 0.494 e. The summed E-state index contributed by atoms with van der Waals surface area (Å²) < 4.78 is 7.27. The van der Waals surface area contributed by atoms with E-state index in [-0.39, 0.29) is 13.0 Å². The van der Waals surface area contributed by atoms with Gasteiger partial charge in [0.15, 0.2) is 0 Å². The highest BCUT2D eigenvalue weighted by atomic mass is 16.5. The summed E-state index contributed by atoms with van der Waals surface area (Å²) in [4.78, 5) is 22.5. The molecular weight excluding hydrogens is 394 g/mol. The third kappa shape index (κ3) is 5.85. The molecule has 160 valence electrons. The van der Waals surface area contributed by atoms with Gasteiger partial charge in [0.2, 0.25) is 0 Å². The molecule has 6 nitrogen and oxygen atoms in total. The SMILES string of the molecule is C=CCCCOc1ccc(C=Cc2cccc3c2c(CC(=O)O)cn3CC(=O)O)cc1. The van der Waals surface area contributed by atoms with Crippen LogP contribution in [0, 0.1) is 0 Å². The molecule has 0 aliphatic carbocycles. The average molecular weight is 419 g/mol. The van der Waals surface area contributed by atoms with Crippen molar-refractivity contribution in [2.24, 2.45) is 0 Å². The topological polar surface area (TPSA) is 88.8 Å². The molecule has 0 atom stereocenters. The molecule has 2 N–H and O–H groups in total. The number of carboxylic acids is 2. The molecule has 31 heavy (non-hydrogen) atoms. The minimum Gasteiger partial charge on any atom is -0.494 e. The molecule has 0 radical (unpaired) electrons. The number of hydrogen-bond acceptors (Lipinski definition) is 3. The quantitative estimate of drug-likeness (QED) is 0.263. The normalized spacial score (nSPS) is 11.1. The van der Waals surface area contributed by atoms with E-state index in [2.05, 4.69) is 6.58 Å². The third-order valence-electron chi connectivity index (χ3n) is 4.82. The van der Waals surface area contributed by atoms with Gasteiger partial charge in [0.05, 0.1) is 13.0 Å². The van der Waals surface area contributed by atoms with Crippen molar-refractivity contribution in [3.8, 4) is 5.75 Å². The Morgan fingerprint density at radius 2 is 1.81 bits per heavy atom. The molecule has 1 heterocycles. The fourth-order valence-corrected chi connectivity index (χ4v) is 3.46. The van der Waals surface area contributed by atoms with Gasteiger partial charge in [-0.2, -0.15) is 0 Å². The summed E-state index contributed by atoms with van der Waals surface area (Å²) in [5.74, 6) is -1.14. The number of allylic oxidation sites excluding steroid dienone is 1. The van der Waals surface area contributed by atoms with E-state index in [1.165, 1.54) is 0 Å². The molecular formula is C25H25NO5. The van der Waals surface area contributed by atoms with Gasteiger partial charge in [0.1, 0.15) is 12.3 Å². The van der Waals surface area contributed by atoms with Crippen LogP contribution in [0.2, 0.25) is 0 Å². The lowest BCUT2D eigenvalue weighted by molar-refractivity contribution is -0.138. The smallest absolute Gasteiger partial charge is 0.323 e. The van der Waals surface area contributed by atoms with Crippen LogP contribution in [0.1, 0.15) is 29.5 Å². The van der Waals surface area contributed by atoms with Crippen LogP contribution in [0.25, 0.3) is 23.1 Å². The highest BCUT2D eigenvalue weighted by Crippen LogP contribution is 2.28. The summed E-state index contributed by atoms with van der Waals surface area (Å²) >= 11 is 0. The van der Waals surface area contributed by atoms with Gasteiger partial charge < -0.3 is 19.5 Å². The molecule has 0 spiro atoms. The van der Waals surface area contributed by atoms with Crippen LogP contribution in [-0.4, -0.2) is 33.3 Å². The lowest BCUT2D eigenvalue weighted by Crippen LogP contribution is -2.07. The second kappa shape index (κ2) is 10.3. The molecule has 0 fully saturated rings. The Kier molecular flexibility index (Phi) is 7.27. The Morgan fingerprint density at radius 1 is 1.03 bits per heavy atom. The van der Waals surface area contributed by atoms with Crippen LogP contribution in [0.4, 0.5) is 0 Å². The molecule has 0 bridgehead atoms. The predicted octanol–water partition coefficient (Wildman–Crippen LogP) is 4.87. The van der Waals surface area contributed by atoms with Gasteiger partial charge in [-0.25, -0.2) is 0 Å². The highest BCUT2D eigenvalue weighted by molar-refractivity contribution is 5.96. The van der Waals surface area contributed by atoms with Crippen LogP contribution in [0.15, 0.2) is 61.3 Å². The first-order valence-corrected chi connectivity index (χ1v) is 10.0. The maximum atomic E-state index is 11.3. The maximum Gasteiger partial charge on any atom is 0.323 e. The van der Waals surface area contributed by atoms with E-state index in [4.69, 9.17) is 4.74 Å². The standard InChI is InChI=1S/C25H25NO5/c1-2-3-4-14-31-21-12-9-18(10-13-21)8-11-19-6-5-7-22-25(19)20(15-23(27)28)16-26(22)17-24(29)30/h2,5-13,16H,1,3-4,14-15,17H2,(H,27,28)(H,29,30). The van der Waals surface area contributed by atoms with E-state index in [0.717, 1.165) is 35.1 Å². The molecule has 0 unspecified atom stereocenters. The number of aliphatic carboxylic acids is 2. The zero-order valence-corrected chi connectivity index (χ0v) is 17.2. The van der Waals surface area contributed by atoms with Crippen molar-refractivity contribution in [1.29, 1.82) is 0 Å². The molecule has 0 aliphatic rings. The molecule has 1 aromatic heterocycles. The molecule has 6 heteroatoms. The van der Waals surface area contributed by atoms with Crippen LogP contribution in [0.3, 0.4) is 0 Å². The summed E-state index contributed by atoms with van der Waals surface area (Å²) in [6.07, 6.45) is 9.01. The number of carbonyl (C=O) groups is 2. The number of fused-ring (bicyclic) bond motifs is 1. The number of benzene rings is 2. The molecule has 0 amide bonds. The van der Waals surface area contributed by atoms with Crippen LogP contribution in [0.5, 0.6) is 5.75 Å². The maximum absolute atomic E-state index is 11.3. The van der Waals surface area contributed by atoms with Crippen molar-refractivity contribution in [2.75, 3.05) is 6.61 Å². The molecule has 2 aromatic carbocycles. The Hall–Kier alpha value is -3.80. The minimum atomic E-state index is -0.980. The van der Waals surface area contributed by atoms with E-state index in [0.29, 0.717) is 17.7 Å². The van der Waals surface area contributed by atoms with E-state index < -0.39 is 11.9 Å². The van der Waals surface area contributed by atoms with Gasteiger partial charge in [0.25, 0.3) is 0 Å². The summed E-state index contributed by atoms with van der Waals surface area (Å²) in [5, 5.41) is 19.2. The summed E-state index contributed by atoms with van der Waals surface area (Å²) in [5.41, 5.74) is 3.10. The Labute approximate surface area is 180 Å². The number of ether oxygens (including phenoxy) is 1. The fourth-order valence-electron chi connectivity index (χ4n) is 3.46. The summed E-state index contributed by atoms with van der Waals surface area (Å²) in [6.45, 7) is 4.11. The minimum absolute atomic E-state index is 0.175. The molecule has 0 saturated heterocycles. The third-order valence-corrected chi connectivity index (χ3v) is 4.82. The fraction of sp³-hybridized carbons (Fsp3) is 0.200. The van der Waals surface area contributed by atoms with Crippen molar-refractivity contribution in [1.82, 2.24) is 4.57 Å². The van der Waals surface area contributed by atoms with Crippen molar-refractivity contribution in [3.05, 3.63) is 78.0 Å². The Bertz CT molecular complexity index is 1110. The monoisotopic (exact) mass is 419 g/mol. The van der Waals surface area contributed by atoms with E-state index in [1.54, 1.807) is 16.8 Å². The first kappa shape index (κ1) is 21.9. The van der Waals surface area contributed by atoms with Crippen LogP contribution < -0.4 is 4.74 Å². The van der Waals surface area contributed by atoms with Gasteiger partial charge in [-0.05, 0) is 47.7 Å². The molecule has 3 rings (SSSR count). The Balaban J connectivity index is 1.85. The second-order valence-corrected chi connectivity index (χ2v) is 7.17. The van der Waals surface area contributed by atoms with Crippen LogP contribution >= 0.6 is 0 Å².